The first-order valence-corrected chi connectivity index (χ1v) is 7.98. The Balaban J connectivity index is 2.13. The molecular formula is C18H24N4O2. The normalized spacial score (nSPS) is 11.8. The fourth-order valence-electron chi connectivity index (χ4n) is 2.40. The van der Waals surface area contributed by atoms with Crippen molar-refractivity contribution >= 4 is 11.9 Å². The Hall–Kier alpha value is -2.47. The summed E-state index contributed by atoms with van der Waals surface area (Å²) < 4.78 is 4.98. The summed E-state index contributed by atoms with van der Waals surface area (Å²) in [5.41, 5.74) is 2.80. The monoisotopic (exact) mass is 328 g/mol. The van der Waals surface area contributed by atoms with Crippen LogP contribution in [0.3, 0.4) is 0 Å². The average molecular weight is 328 g/mol. The van der Waals surface area contributed by atoms with Crippen LogP contribution in [-0.2, 0) is 16.0 Å². The lowest BCUT2D eigenvalue weighted by Gasteiger charge is -2.19. The molecule has 128 valence electrons. The molecule has 1 amide bonds. The van der Waals surface area contributed by atoms with Gasteiger partial charge in [0, 0.05) is 31.5 Å². The van der Waals surface area contributed by atoms with Gasteiger partial charge >= 0.3 is 0 Å². The Labute approximate surface area is 142 Å². The minimum absolute atomic E-state index is 0.0985. The number of methoxy groups -OCH3 is 1. The van der Waals surface area contributed by atoms with Crippen LogP contribution in [0.25, 0.3) is 0 Å². The Kier molecular flexibility index (Phi) is 6.69. The minimum Gasteiger partial charge on any atom is -0.383 e. The number of hydrogen-bond acceptors (Lipinski definition) is 5. The Morgan fingerprint density at radius 3 is 2.46 bits per heavy atom. The van der Waals surface area contributed by atoms with E-state index in [9.17, 15) is 4.79 Å². The van der Waals surface area contributed by atoms with Crippen LogP contribution in [-0.4, -0.2) is 42.2 Å². The molecule has 0 aliphatic rings. The average Bonchev–Trinajstić information content (AvgIpc) is 2.54. The van der Waals surface area contributed by atoms with Crippen molar-refractivity contribution in [3.05, 3.63) is 53.3 Å². The predicted molar refractivity (Wildman–Crippen MR) is 93.9 cm³/mol. The molecule has 0 aliphatic carbocycles. The third kappa shape index (κ3) is 5.62. The number of carbonyl (C=O) groups excluding carboxylic acids is 1. The molecule has 0 fully saturated rings. The van der Waals surface area contributed by atoms with E-state index in [0.717, 1.165) is 17.0 Å². The highest BCUT2D eigenvalue weighted by atomic mass is 16.5. The van der Waals surface area contributed by atoms with E-state index in [1.54, 1.807) is 7.11 Å². The number of nitrogens with one attached hydrogen (secondary N) is 2. The summed E-state index contributed by atoms with van der Waals surface area (Å²) in [5.74, 6) is 0.369. The van der Waals surface area contributed by atoms with Crippen LogP contribution in [0, 0.1) is 13.8 Å². The lowest BCUT2D eigenvalue weighted by Crippen LogP contribution is -2.42. The Morgan fingerprint density at radius 1 is 1.17 bits per heavy atom. The van der Waals surface area contributed by atoms with Gasteiger partial charge in [0.05, 0.1) is 6.61 Å². The first-order valence-electron chi connectivity index (χ1n) is 7.98. The molecule has 6 nitrogen and oxygen atoms in total. The lowest BCUT2D eigenvalue weighted by atomic mass is 10.1. The fraction of sp³-hybridized carbons (Fsp3) is 0.389. The number of hydrogen-bond donors (Lipinski definition) is 2. The van der Waals surface area contributed by atoms with E-state index in [-0.39, 0.29) is 5.91 Å². The number of benzene rings is 1. The number of anilines is 1. The topological polar surface area (TPSA) is 76.1 Å². The standard InChI is InChI=1S/C18H24N4O2/c1-13-11-14(2)21-18(20-13)22-16(17(23)19-9-10-24-3)12-15-7-5-4-6-8-15/h4-8,11,16H,9-10,12H2,1-3H3,(H,19,23)(H,20,21,22). The van der Waals surface area contributed by atoms with Crippen LogP contribution in [0.15, 0.2) is 36.4 Å². The highest BCUT2D eigenvalue weighted by Gasteiger charge is 2.20. The van der Waals surface area contributed by atoms with Gasteiger partial charge in [-0.05, 0) is 25.5 Å². The Morgan fingerprint density at radius 2 is 1.83 bits per heavy atom. The molecule has 0 radical (unpaired) electrons. The summed E-state index contributed by atoms with van der Waals surface area (Å²) >= 11 is 0. The van der Waals surface area contributed by atoms with Gasteiger partial charge < -0.3 is 15.4 Å². The van der Waals surface area contributed by atoms with Crippen molar-refractivity contribution in [1.29, 1.82) is 0 Å². The number of carbonyl (C=O) groups is 1. The minimum atomic E-state index is -0.453. The zero-order valence-corrected chi connectivity index (χ0v) is 14.4. The van der Waals surface area contributed by atoms with E-state index in [1.165, 1.54) is 0 Å². The van der Waals surface area contributed by atoms with Crippen molar-refractivity contribution < 1.29 is 9.53 Å². The fourth-order valence-corrected chi connectivity index (χ4v) is 2.40. The maximum atomic E-state index is 12.5. The van der Waals surface area contributed by atoms with Crippen LogP contribution < -0.4 is 10.6 Å². The zero-order valence-electron chi connectivity index (χ0n) is 14.4. The van der Waals surface area contributed by atoms with E-state index < -0.39 is 6.04 Å². The van der Waals surface area contributed by atoms with Crippen molar-refractivity contribution in [3.8, 4) is 0 Å². The van der Waals surface area contributed by atoms with Crippen LogP contribution >= 0.6 is 0 Å². The molecule has 24 heavy (non-hydrogen) atoms. The van der Waals surface area contributed by atoms with Crippen molar-refractivity contribution in [2.45, 2.75) is 26.3 Å². The number of nitrogens with zero attached hydrogens (tertiary/aromatic N) is 2. The number of rotatable bonds is 8. The van der Waals surface area contributed by atoms with E-state index in [4.69, 9.17) is 4.74 Å². The highest BCUT2D eigenvalue weighted by Crippen LogP contribution is 2.10. The summed E-state index contributed by atoms with van der Waals surface area (Å²) in [5, 5.41) is 6.03. The zero-order chi connectivity index (χ0) is 17.4. The first kappa shape index (κ1) is 17.9. The molecule has 0 saturated carbocycles. The molecular weight excluding hydrogens is 304 g/mol. The third-order valence-corrected chi connectivity index (χ3v) is 3.49. The first-order chi connectivity index (χ1) is 11.6. The van der Waals surface area contributed by atoms with Gasteiger partial charge in [0.2, 0.25) is 11.9 Å². The van der Waals surface area contributed by atoms with Gasteiger partial charge in [-0.3, -0.25) is 4.79 Å². The summed E-state index contributed by atoms with van der Waals surface area (Å²) in [7, 11) is 1.61. The van der Waals surface area contributed by atoms with Crippen molar-refractivity contribution in [1.82, 2.24) is 15.3 Å². The number of aryl methyl sites for hydroxylation is 2. The van der Waals surface area contributed by atoms with Gasteiger partial charge in [-0.25, -0.2) is 9.97 Å². The second kappa shape index (κ2) is 8.98. The van der Waals surface area contributed by atoms with Crippen molar-refractivity contribution in [3.63, 3.8) is 0 Å². The van der Waals surface area contributed by atoms with Crippen LogP contribution in [0.1, 0.15) is 17.0 Å². The molecule has 2 rings (SSSR count). The van der Waals surface area contributed by atoms with E-state index >= 15 is 0 Å². The van der Waals surface area contributed by atoms with Gasteiger partial charge in [-0.15, -0.1) is 0 Å². The van der Waals surface area contributed by atoms with Crippen molar-refractivity contribution in [2.75, 3.05) is 25.6 Å². The van der Waals surface area contributed by atoms with E-state index in [0.29, 0.717) is 25.5 Å². The molecule has 2 aromatic rings. The molecule has 0 aliphatic heterocycles. The van der Waals surface area contributed by atoms with Crippen LogP contribution in [0.5, 0.6) is 0 Å². The number of ether oxygens (including phenoxy) is 1. The van der Waals surface area contributed by atoms with E-state index in [1.807, 2.05) is 50.2 Å². The summed E-state index contributed by atoms with van der Waals surface area (Å²) in [6.45, 7) is 4.76. The quantitative estimate of drug-likeness (QED) is 0.724. The van der Waals surface area contributed by atoms with Crippen LogP contribution in [0.4, 0.5) is 5.95 Å². The third-order valence-electron chi connectivity index (χ3n) is 3.49. The van der Waals surface area contributed by atoms with Gasteiger partial charge in [0.15, 0.2) is 0 Å². The SMILES string of the molecule is COCCNC(=O)C(Cc1ccccc1)Nc1nc(C)cc(C)n1. The molecule has 0 bridgehead atoms. The largest absolute Gasteiger partial charge is 0.383 e. The molecule has 6 heteroatoms. The highest BCUT2D eigenvalue weighted by molar-refractivity contribution is 5.84. The Bertz CT molecular complexity index is 641. The maximum absolute atomic E-state index is 12.5. The number of aromatic nitrogens is 2. The number of amides is 1. The van der Waals surface area contributed by atoms with Gasteiger partial charge in [0.1, 0.15) is 6.04 Å². The molecule has 1 unspecified atom stereocenters. The summed E-state index contributed by atoms with van der Waals surface area (Å²) in [6.07, 6.45) is 0.552. The van der Waals surface area contributed by atoms with E-state index in [2.05, 4.69) is 20.6 Å². The molecule has 1 heterocycles. The second-order valence-corrected chi connectivity index (χ2v) is 5.64. The smallest absolute Gasteiger partial charge is 0.243 e. The molecule has 0 saturated heterocycles. The van der Waals surface area contributed by atoms with Crippen molar-refractivity contribution in [2.24, 2.45) is 0 Å². The lowest BCUT2D eigenvalue weighted by molar-refractivity contribution is -0.122. The van der Waals surface area contributed by atoms with Gasteiger partial charge in [-0.2, -0.15) is 0 Å². The molecule has 1 aromatic heterocycles. The molecule has 0 spiro atoms. The second-order valence-electron chi connectivity index (χ2n) is 5.64. The summed E-state index contributed by atoms with van der Waals surface area (Å²) in [4.78, 5) is 21.2. The van der Waals surface area contributed by atoms with Gasteiger partial charge in [-0.1, -0.05) is 30.3 Å². The predicted octanol–water partition coefficient (Wildman–Crippen LogP) is 1.88. The summed E-state index contributed by atoms with van der Waals surface area (Å²) in [6, 6.07) is 11.3. The maximum Gasteiger partial charge on any atom is 0.243 e. The molecule has 1 aromatic carbocycles. The van der Waals surface area contributed by atoms with Crippen LogP contribution in [0.2, 0.25) is 0 Å². The molecule has 2 N–H and O–H groups in total. The van der Waals surface area contributed by atoms with Gasteiger partial charge in [0.25, 0.3) is 0 Å². The molecule has 1 atom stereocenters.